The van der Waals surface area contributed by atoms with Crippen molar-refractivity contribution in [2.24, 2.45) is 0 Å². The van der Waals surface area contributed by atoms with Crippen molar-refractivity contribution in [1.29, 1.82) is 0 Å². The molecule has 2 N–H and O–H groups in total. The molecule has 0 saturated carbocycles. The van der Waals surface area contributed by atoms with Crippen LogP contribution in [-0.2, 0) is 31.1 Å². The van der Waals surface area contributed by atoms with Crippen LogP contribution < -0.4 is 4.90 Å². The summed E-state index contributed by atoms with van der Waals surface area (Å²) in [5.41, 5.74) is 8.90. The van der Waals surface area contributed by atoms with Crippen LogP contribution in [0.15, 0.2) is 154 Å². The number of nitrogens with zero attached hydrogens (tertiary/aromatic N) is 2. The molecular formula is C52H57N2O6S3+. The molecule has 0 amide bonds. The van der Waals surface area contributed by atoms with Gasteiger partial charge in [-0.1, -0.05) is 111 Å². The Labute approximate surface area is 377 Å². The van der Waals surface area contributed by atoms with Crippen molar-refractivity contribution in [2.75, 3.05) is 29.5 Å². The van der Waals surface area contributed by atoms with Crippen molar-refractivity contribution in [1.82, 2.24) is 0 Å². The smallest absolute Gasteiger partial charge is 0.264 e. The monoisotopic (exact) mass is 901 g/mol. The Morgan fingerprint density at radius 2 is 1.29 bits per heavy atom. The fourth-order valence-corrected chi connectivity index (χ4v) is 12.2. The van der Waals surface area contributed by atoms with Crippen LogP contribution in [0.5, 0.6) is 0 Å². The normalized spacial score (nSPS) is 18.7. The van der Waals surface area contributed by atoms with Gasteiger partial charge in [0.05, 0.1) is 16.9 Å². The Hall–Kier alpha value is -4.78. The quantitative estimate of drug-likeness (QED) is 0.0606. The summed E-state index contributed by atoms with van der Waals surface area (Å²) in [6, 6.07) is 36.2. The number of hydrogen-bond donors (Lipinski definition) is 2. The van der Waals surface area contributed by atoms with E-state index in [-0.39, 0.29) is 22.3 Å². The van der Waals surface area contributed by atoms with Crippen molar-refractivity contribution in [3.05, 3.63) is 160 Å². The number of anilines is 1. The second-order valence-electron chi connectivity index (χ2n) is 18.0. The number of rotatable bonds is 15. The summed E-state index contributed by atoms with van der Waals surface area (Å²) in [6.45, 7) is 10.4. The Morgan fingerprint density at radius 1 is 0.667 bits per heavy atom. The lowest BCUT2D eigenvalue weighted by Crippen LogP contribution is -2.28. The Morgan fingerprint density at radius 3 is 1.97 bits per heavy atom. The van der Waals surface area contributed by atoms with Crippen molar-refractivity contribution in [3.8, 4) is 0 Å². The molecule has 1 aliphatic carbocycles. The molecule has 2 heterocycles. The van der Waals surface area contributed by atoms with E-state index in [4.69, 9.17) is 0 Å². The molecule has 63 heavy (non-hydrogen) atoms. The molecule has 11 heteroatoms. The second kappa shape index (κ2) is 18.0. The molecule has 0 unspecified atom stereocenters. The maximum Gasteiger partial charge on any atom is 0.264 e. The molecule has 0 aromatic heterocycles. The van der Waals surface area contributed by atoms with Crippen molar-refractivity contribution in [3.63, 3.8) is 0 Å². The van der Waals surface area contributed by atoms with E-state index in [1.165, 1.54) is 48.7 Å². The first kappa shape index (κ1) is 44.8. The van der Waals surface area contributed by atoms with Gasteiger partial charge >= 0.3 is 0 Å². The Kier molecular flexibility index (Phi) is 12.8. The van der Waals surface area contributed by atoms with E-state index < -0.39 is 20.2 Å². The van der Waals surface area contributed by atoms with Gasteiger partial charge in [-0.2, -0.15) is 21.4 Å². The van der Waals surface area contributed by atoms with Gasteiger partial charge in [0.2, 0.25) is 5.69 Å². The molecule has 5 aromatic rings. The van der Waals surface area contributed by atoms with Gasteiger partial charge < -0.3 is 4.90 Å². The lowest BCUT2D eigenvalue weighted by molar-refractivity contribution is -0.438. The zero-order valence-electron chi connectivity index (χ0n) is 36.5. The van der Waals surface area contributed by atoms with Gasteiger partial charge in [-0.15, -0.1) is 0 Å². The van der Waals surface area contributed by atoms with E-state index in [0.717, 1.165) is 46.9 Å². The van der Waals surface area contributed by atoms with Crippen LogP contribution in [0.3, 0.4) is 0 Å². The van der Waals surface area contributed by atoms with Crippen LogP contribution in [0.25, 0.3) is 21.5 Å². The molecule has 0 spiro atoms. The summed E-state index contributed by atoms with van der Waals surface area (Å²) in [6.07, 6.45) is 14.0. The minimum absolute atomic E-state index is 0.260. The molecule has 328 valence electrons. The van der Waals surface area contributed by atoms with Gasteiger partial charge in [-0.3, -0.25) is 9.11 Å². The summed E-state index contributed by atoms with van der Waals surface area (Å²) < 4.78 is 67.9. The SMILES string of the molecule is CC1(C)C(=CC=C2CCCC(C=CC3=[N+](CCCCS(=O)(=O)O)c4ccc5ccccc5c4C3(C)C)=C2Sc2ccccc2)N(CCCCS(=O)(=O)O)c2ccc3ccccc3c21. The molecule has 8 rings (SSSR count). The minimum Gasteiger partial charge on any atom is -0.344 e. The maximum absolute atomic E-state index is 11.6. The molecule has 8 nitrogen and oxygen atoms in total. The van der Waals surface area contributed by atoms with Gasteiger partial charge in [0, 0.05) is 57.3 Å². The molecule has 3 aliphatic rings. The summed E-state index contributed by atoms with van der Waals surface area (Å²) in [5.74, 6) is -0.520. The second-order valence-corrected chi connectivity index (χ2v) is 22.2. The average molecular weight is 902 g/mol. The standard InChI is InChI=1S/C52H56N2O6S3/c1-51(2)46(53(33-12-14-35-62(55,56)57)44-29-25-37-17-8-10-23-42(37)48(44)51)31-27-39-19-16-20-40(50(39)61-41-21-6-5-7-22-41)28-32-47-52(3,4)49-43-24-11-9-18-38(43)26-30-45(49)54(47)34-13-15-36-63(58,59)60/h5-11,17-18,21-32H,12-16,19-20,33-36H2,1-4H3,(H-,55,56,57,58,59,60)/p+1. The van der Waals surface area contributed by atoms with Crippen LogP contribution >= 0.6 is 11.8 Å². The number of benzene rings is 5. The molecule has 0 fully saturated rings. The van der Waals surface area contributed by atoms with E-state index in [0.29, 0.717) is 38.8 Å². The number of fused-ring (bicyclic) bond motifs is 6. The summed E-state index contributed by atoms with van der Waals surface area (Å²) >= 11 is 1.80. The first-order chi connectivity index (χ1) is 30.0. The third-order valence-corrected chi connectivity index (χ3v) is 15.7. The molecule has 5 aromatic carbocycles. The molecular weight excluding hydrogens is 845 g/mol. The third-order valence-electron chi connectivity index (χ3n) is 12.9. The first-order valence-corrected chi connectivity index (χ1v) is 26.0. The molecule has 0 saturated heterocycles. The Balaban J connectivity index is 1.22. The van der Waals surface area contributed by atoms with Crippen LogP contribution in [0.1, 0.15) is 83.8 Å². The first-order valence-electron chi connectivity index (χ1n) is 22.0. The van der Waals surface area contributed by atoms with E-state index in [1.54, 1.807) is 11.8 Å². The highest BCUT2D eigenvalue weighted by atomic mass is 32.2. The van der Waals surface area contributed by atoms with E-state index >= 15 is 0 Å². The molecule has 0 atom stereocenters. The highest BCUT2D eigenvalue weighted by molar-refractivity contribution is 8.03. The van der Waals surface area contributed by atoms with Gasteiger partial charge in [0.15, 0.2) is 5.71 Å². The molecule has 2 aliphatic heterocycles. The van der Waals surface area contributed by atoms with Crippen molar-refractivity contribution in [2.45, 2.75) is 88.4 Å². The lowest BCUT2D eigenvalue weighted by atomic mass is 9.78. The summed E-state index contributed by atoms with van der Waals surface area (Å²) in [5, 5.41) is 4.78. The lowest BCUT2D eigenvalue weighted by Gasteiger charge is -2.28. The average Bonchev–Trinajstić information content (AvgIpc) is 3.60. The van der Waals surface area contributed by atoms with Crippen LogP contribution in [0.2, 0.25) is 0 Å². The predicted molar refractivity (Wildman–Crippen MR) is 261 cm³/mol. The highest BCUT2D eigenvalue weighted by Crippen LogP contribution is 2.52. The number of unbranched alkanes of at least 4 members (excludes halogenated alkanes) is 2. The van der Waals surface area contributed by atoms with E-state index in [1.807, 2.05) is 6.07 Å². The van der Waals surface area contributed by atoms with Crippen LogP contribution in [0, 0.1) is 0 Å². The van der Waals surface area contributed by atoms with Crippen molar-refractivity contribution < 1.29 is 30.5 Å². The third kappa shape index (κ3) is 9.54. The fraction of sp³-hybridized carbons (Fsp3) is 0.327. The molecule has 0 bridgehead atoms. The zero-order chi connectivity index (χ0) is 44.6. The summed E-state index contributed by atoms with van der Waals surface area (Å²) in [7, 11) is -8.10. The van der Waals surface area contributed by atoms with Gasteiger partial charge in [0.25, 0.3) is 20.2 Å². The fourth-order valence-electron chi connectivity index (χ4n) is 9.98. The van der Waals surface area contributed by atoms with Gasteiger partial charge in [0.1, 0.15) is 6.54 Å². The zero-order valence-corrected chi connectivity index (χ0v) is 39.0. The topological polar surface area (TPSA) is 115 Å². The van der Waals surface area contributed by atoms with Gasteiger partial charge in [-0.25, -0.2) is 0 Å². The number of hydrogen-bond acceptors (Lipinski definition) is 6. The van der Waals surface area contributed by atoms with Crippen LogP contribution in [0.4, 0.5) is 11.4 Å². The van der Waals surface area contributed by atoms with Crippen LogP contribution in [-0.4, -0.2) is 60.8 Å². The largest absolute Gasteiger partial charge is 0.344 e. The van der Waals surface area contributed by atoms with Gasteiger partial charge in [-0.05, 0) is 121 Å². The molecule has 0 radical (unpaired) electrons. The maximum atomic E-state index is 11.6. The predicted octanol–water partition coefficient (Wildman–Crippen LogP) is 12.1. The Bertz CT molecular complexity index is 2960. The number of allylic oxidation sites excluding steroid dienone is 7. The minimum atomic E-state index is -4.05. The highest BCUT2D eigenvalue weighted by Gasteiger charge is 2.45. The number of thioether (sulfide) groups is 1. The summed E-state index contributed by atoms with van der Waals surface area (Å²) in [4.78, 5) is 4.75. The van der Waals surface area contributed by atoms with E-state index in [2.05, 4.69) is 159 Å². The van der Waals surface area contributed by atoms with Crippen molar-refractivity contribution >= 4 is 70.6 Å². The van der Waals surface area contributed by atoms with E-state index in [9.17, 15) is 25.9 Å².